The zero-order valence-electron chi connectivity index (χ0n) is 9.26. The fourth-order valence-electron chi connectivity index (χ4n) is 1.62. The molecule has 0 radical (unpaired) electrons. The SMILES string of the molecule is c1ccc(CCCNc2ccccn2)cc1. The average Bonchev–Trinajstić information content (AvgIpc) is 2.37. The van der Waals surface area contributed by atoms with E-state index >= 15 is 0 Å². The van der Waals surface area contributed by atoms with Crippen molar-refractivity contribution in [1.82, 2.24) is 4.98 Å². The van der Waals surface area contributed by atoms with Gasteiger partial charge in [-0.1, -0.05) is 36.4 Å². The molecule has 0 amide bonds. The van der Waals surface area contributed by atoms with E-state index in [4.69, 9.17) is 0 Å². The van der Waals surface area contributed by atoms with Crippen molar-refractivity contribution in [3.63, 3.8) is 0 Å². The van der Waals surface area contributed by atoms with E-state index in [0.29, 0.717) is 0 Å². The molecule has 0 bridgehead atoms. The van der Waals surface area contributed by atoms with Gasteiger partial charge in [0.2, 0.25) is 0 Å². The summed E-state index contributed by atoms with van der Waals surface area (Å²) in [4.78, 5) is 4.21. The van der Waals surface area contributed by atoms with Crippen LogP contribution < -0.4 is 5.32 Å². The third-order valence-electron chi connectivity index (χ3n) is 2.46. The van der Waals surface area contributed by atoms with E-state index in [2.05, 4.69) is 40.6 Å². The largest absolute Gasteiger partial charge is 0.370 e. The molecule has 0 aliphatic rings. The first-order valence-corrected chi connectivity index (χ1v) is 5.64. The highest BCUT2D eigenvalue weighted by atomic mass is 15.0. The van der Waals surface area contributed by atoms with Crippen molar-refractivity contribution in [2.24, 2.45) is 0 Å². The van der Waals surface area contributed by atoms with E-state index in [1.54, 1.807) is 6.20 Å². The monoisotopic (exact) mass is 212 g/mol. The van der Waals surface area contributed by atoms with E-state index < -0.39 is 0 Å². The van der Waals surface area contributed by atoms with Crippen LogP contribution in [0.15, 0.2) is 54.7 Å². The molecule has 2 aromatic rings. The number of pyridine rings is 1. The molecule has 1 aromatic carbocycles. The lowest BCUT2D eigenvalue weighted by molar-refractivity contribution is 0.859. The summed E-state index contributed by atoms with van der Waals surface area (Å²) in [7, 11) is 0. The third kappa shape index (κ3) is 3.39. The Hall–Kier alpha value is -1.83. The van der Waals surface area contributed by atoms with Crippen LogP contribution in [0.3, 0.4) is 0 Å². The van der Waals surface area contributed by atoms with Crippen molar-refractivity contribution in [3.8, 4) is 0 Å². The molecule has 1 N–H and O–H groups in total. The molecule has 2 nitrogen and oxygen atoms in total. The molecular weight excluding hydrogens is 196 g/mol. The number of nitrogens with zero attached hydrogens (tertiary/aromatic N) is 1. The second-order valence-corrected chi connectivity index (χ2v) is 3.73. The summed E-state index contributed by atoms with van der Waals surface area (Å²) in [6, 6.07) is 16.5. The minimum atomic E-state index is 0.954. The molecular formula is C14H16N2. The van der Waals surface area contributed by atoms with Crippen LogP contribution in [0, 0.1) is 0 Å². The molecule has 0 spiro atoms. The van der Waals surface area contributed by atoms with Gasteiger partial charge in [0, 0.05) is 12.7 Å². The number of anilines is 1. The molecule has 2 heteroatoms. The lowest BCUT2D eigenvalue weighted by Crippen LogP contribution is -2.03. The van der Waals surface area contributed by atoms with Crippen LogP contribution in [0.5, 0.6) is 0 Å². The Morgan fingerprint density at radius 1 is 0.938 bits per heavy atom. The molecule has 0 saturated carbocycles. The summed E-state index contributed by atoms with van der Waals surface area (Å²) in [5.74, 6) is 0.954. The highest BCUT2D eigenvalue weighted by Crippen LogP contribution is 2.04. The third-order valence-corrected chi connectivity index (χ3v) is 2.46. The average molecular weight is 212 g/mol. The predicted octanol–water partition coefficient (Wildman–Crippen LogP) is 3.13. The van der Waals surface area contributed by atoms with Crippen LogP contribution in [0.25, 0.3) is 0 Å². The predicted molar refractivity (Wildman–Crippen MR) is 67.5 cm³/mol. The van der Waals surface area contributed by atoms with Crippen molar-refractivity contribution in [1.29, 1.82) is 0 Å². The zero-order valence-corrected chi connectivity index (χ0v) is 9.26. The molecule has 1 aromatic heterocycles. The van der Waals surface area contributed by atoms with Gasteiger partial charge in [-0.25, -0.2) is 4.98 Å². The van der Waals surface area contributed by atoms with Crippen molar-refractivity contribution < 1.29 is 0 Å². The second kappa shape index (κ2) is 5.91. The number of rotatable bonds is 5. The topological polar surface area (TPSA) is 24.9 Å². The summed E-state index contributed by atoms with van der Waals surface area (Å²) in [6.45, 7) is 0.964. The molecule has 0 saturated heterocycles. The number of benzene rings is 1. The quantitative estimate of drug-likeness (QED) is 0.770. The zero-order chi connectivity index (χ0) is 11.1. The fourth-order valence-corrected chi connectivity index (χ4v) is 1.62. The van der Waals surface area contributed by atoms with Crippen LogP contribution in [0.4, 0.5) is 5.82 Å². The highest BCUT2D eigenvalue weighted by molar-refractivity contribution is 5.32. The first-order chi connectivity index (χ1) is 7.95. The summed E-state index contributed by atoms with van der Waals surface area (Å²) < 4.78 is 0. The van der Waals surface area contributed by atoms with Gasteiger partial charge in [0.15, 0.2) is 0 Å². The maximum Gasteiger partial charge on any atom is 0.125 e. The van der Waals surface area contributed by atoms with Crippen LogP contribution in [-0.4, -0.2) is 11.5 Å². The van der Waals surface area contributed by atoms with Crippen molar-refractivity contribution in [3.05, 3.63) is 60.3 Å². The first kappa shape index (κ1) is 10.7. The van der Waals surface area contributed by atoms with Gasteiger partial charge in [-0.3, -0.25) is 0 Å². The van der Waals surface area contributed by atoms with Gasteiger partial charge >= 0.3 is 0 Å². The Morgan fingerprint density at radius 3 is 2.50 bits per heavy atom. The Kier molecular flexibility index (Phi) is 3.94. The van der Waals surface area contributed by atoms with Gasteiger partial charge in [-0.2, -0.15) is 0 Å². The van der Waals surface area contributed by atoms with Gasteiger partial charge < -0.3 is 5.32 Å². The Balaban J connectivity index is 1.70. The first-order valence-electron chi connectivity index (χ1n) is 5.64. The van der Waals surface area contributed by atoms with Gasteiger partial charge in [-0.15, -0.1) is 0 Å². The molecule has 0 aliphatic carbocycles. The van der Waals surface area contributed by atoms with Crippen LogP contribution in [-0.2, 0) is 6.42 Å². The lowest BCUT2D eigenvalue weighted by Gasteiger charge is -2.04. The number of aromatic nitrogens is 1. The van der Waals surface area contributed by atoms with Crippen LogP contribution in [0.2, 0.25) is 0 Å². The van der Waals surface area contributed by atoms with Crippen LogP contribution in [0.1, 0.15) is 12.0 Å². The number of hydrogen-bond donors (Lipinski definition) is 1. The van der Waals surface area contributed by atoms with Crippen molar-refractivity contribution >= 4 is 5.82 Å². The van der Waals surface area contributed by atoms with Crippen molar-refractivity contribution in [2.45, 2.75) is 12.8 Å². The number of aryl methyl sites for hydroxylation is 1. The fraction of sp³-hybridized carbons (Fsp3) is 0.214. The number of hydrogen-bond acceptors (Lipinski definition) is 2. The van der Waals surface area contributed by atoms with E-state index in [9.17, 15) is 0 Å². The standard InChI is InChI=1S/C14H16N2/c1-2-7-13(8-3-1)9-6-12-16-14-10-4-5-11-15-14/h1-5,7-8,10-11H,6,9,12H2,(H,15,16). The van der Waals surface area contributed by atoms with Gasteiger partial charge in [0.05, 0.1) is 0 Å². The lowest BCUT2D eigenvalue weighted by atomic mass is 10.1. The number of nitrogens with one attached hydrogen (secondary N) is 1. The van der Waals surface area contributed by atoms with Gasteiger partial charge in [-0.05, 0) is 30.5 Å². The molecule has 16 heavy (non-hydrogen) atoms. The second-order valence-electron chi connectivity index (χ2n) is 3.73. The Bertz CT molecular complexity index is 356. The molecule has 82 valence electrons. The van der Waals surface area contributed by atoms with E-state index in [1.165, 1.54) is 5.56 Å². The van der Waals surface area contributed by atoms with Crippen LogP contribution >= 0.6 is 0 Å². The highest BCUT2D eigenvalue weighted by Gasteiger charge is 1.93. The molecule has 1 heterocycles. The summed E-state index contributed by atoms with van der Waals surface area (Å²) in [5.41, 5.74) is 1.39. The smallest absolute Gasteiger partial charge is 0.125 e. The normalized spacial score (nSPS) is 10.0. The molecule has 2 rings (SSSR count). The minimum Gasteiger partial charge on any atom is -0.370 e. The van der Waals surface area contributed by atoms with Gasteiger partial charge in [0.25, 0.3) is 0 Å². The maximum absolute atomic E-state index is 4.21. The van der Waals surface area contributed by atoms with Gasteiger partial charge in [0.1, 0.15) is 5.82 Å². The summed E-state index contributed by atoms with van der Waals surface area (Å²) in [6.07, 6.45) is 4.04. The minimum absolute atomic E-state index is 0.954. The Labute approximate surface area is 96.4 Å². The molecule has 0 atom stereocenters. The maximum atomic E-state index is 4.21. The Morgan fingerprint density at radius 2 is 1.75 bits per heavy atom. The van der Waals surface area contributed by atoms with E-state index in [1.807, 2.05) is 18.2 Å². The summed E-state index contributed by atoms with van der Waals surface area (Å²) >= 11 is 0. The summed E-state index contributed by atoms with van der Waals surface area (Å²) in [5, 5.41) is 3.30. The molecule has 0 fully saturated rings. The van der Waals surface area contributed by atoms with E-state index in [0.717, 1.165) is 25.2 Å². The van der Waals surface area contributed by atoms with E-state index in [-0.39, 0.29) is 0 Å². The molecule has 0 unspecified atom stereocenters. The van der Waals surface area contributed by atoms with Crippen molar-refractivity contribution in [2.75, 3.05) is 11.9 Å². The molecule has 0 aliphatic heterocycles.